The van der Waals surface area contributed by atoms with Gasteiger partial charge in [-0.15, -0.1) is 0 Å². The van der Waals surface area contributed by atoms with Crippen LogP contribution in [-0.2, 0) is 0 Å². The Morgan fingerprint density at radius 1 is 0.429 bits per heavy atom. The molecule has 0 heterocycles. The van der Waals surface area contributed by atoms with E-state index in [0.717, 1.165) is 6.42 Å². The van der Waals surface area contributed by atoms with Crippen LogP contribution in [0.5, 0.6) is 0 Å². The summed E-state index contributed by atoms with van der Waals surface area (Å²) in [5, 5.41) is 8.57. The summed E-state index contributed by atoms with van der Waals surface area (Å²) < 4.78 is 0. The Hall–Kier alpha value is -0.0800. The fourth-order valence-corrected chi connectivity index (χ4v) is 3.51. The van der Waals surface area contributed by atoms with Crippen LogP contribution in [-0.4, -0.2) is 37.3 Å². The Morgan fingerprint density at radius 2 is 0.714 bits per heavy atom. The molecule has 0 aromatic rings. The van der Waals surface area contributed by atoms with Gasteiger partial charge in [0, 0.05) is 6.61 Å². The highest BCUT2D eigenvalue weighted by Gasteiger charge is 1.93. The molecule has 0 aromatic carbocycles. The molecule has 0 spiro atoms. The topological polar surface area (TPSA) is 23.5 Å². The predicted octanol–water partition coefficient (Wildman–Crippen LogP) is 8.37. The first kappa shape index (κ1) is 30.1. The second kappa shape index (κ2) is 29.1. The summed E-state index contributed by atoms with van der Waals surface area (Å²) in [6, 6.07) is 0. The molecule has 0 fully saturated rings. The van der Waals surface area contributed by atoms with Gasteiger partial charge in [-0.3, -0.25) is 0 Å². The molecule has 0 bridgehead atoms. The van der Waals surface area contributed by atoms with E-state index in [0.29, 0.717) is 6.61 Å². The summed E-state index contributed by atoms with van der Waals surface area (Å²) in [7, 11) is 4.32. The molecule has 1 N–H and O–H groups in total. The van der Waals surface area contributed by atoms with Crippen LogP contribution in [0.15, 0.2) is 0 Å². The number of rotatable bonds is 21. The highest BCUT2D eigenvalue weighted by molar-refractivity contribution is 4.49. The van der Waals surface area contributed by atoms with Crippen molar-refractivity contribution >= 4 is 0 Å². The molecule has 172 valence electrons. The van der Waals surface area contributed by atoms with Crippen LogP contribution < -0.4 is 0 Å². The van der Waals surface area contributed by atoms with Gasteiger partial charge in [-0.1, -0.05) is 129 Å². The molecular weight excluding hydrogens is 342 g/mol. The molecule has 0 aliphatic rings. The van der Waals surface area contributed by atoms with Crippen molar-refractivity contribution in [2.24, 2.45) is 0 Å². The summed E-state index contributed by atoms with van der Waals surface area (Å²) in [4.78, 5) is 2.28. The van der Waals surface area contributed by atoms with E-state index in [9.17, 15) is 0 Å². The zero-order chi connectivity index (χ0) is 21.1. The Kier molecular flexibility index (Phi) is 31.3. The largest absolute Gasteiger partial charge is 0.396 e. The van der Waals surface area contributed by atoms with E-state index in [1.165, 1.54) is 129 Å². The molecule has 0 amide bonds. The average molecular weight is 400 g/mol. The molecule has 0 aliphatic heterocycles. The molecule has 2 nitrogen and oxygen atoms in total. The van der Waals surface area contributed by atoms with Crippen LogP contribution in [0.25, 0.3) is 0 Å². The van der Waals surface area contributed by atoms with E-state index in [2.05, 4.69) is 32.8 Å². The lowest BCUT2D eigenvalue weighted by Crippen LogP contribution is -2.12. The monoisotopic (exact) mass is 399 g/mol. The minimum Gasteiger partial charge on any atom is -0.396 e. The quantitative estimate of drug-likeness (QED) is 0.196. The van der Waals surface area contributed by atoms with Gasteiger partial charge in [0.05, 0.1) is 0 Å². The summed E-state index contributed by atoms with van der Waals surface area (Å²) >= 11 is 0. The molecule has 0 radical (unpaired) electrons. The third kappa shape index (κ3) is 33.5. The van der Waals surface area contributed by atoms with Crippen LogP contribution in [0.1, 0.15) is 142 Å². The number of aliphatic hydroxyl groups is 1. The highest BCUT2D eigenvalue weighted by atomic mass is 16.2. The van der Waals surface area contributed by atoms with Crippen LogP contribution in [0.2, 0.25) is 0 Å². The summed E-state index contributed by atoms with van der Waals surface area (Å²) in [5.41, 5.74) is 0. The lowest BCUT2D eigenvalue weighted by Gasteiger charge is -2.08. The Bertz CT molecular complexity index is 233. The predicted molar refractivity (Wildman–Crippen MR) is 129 cm³/mol. The van der Waals surface area contributed by atoms with E-state index in [-0.39, 0.29) is 0 Å². The number of hydrogen-bond donors (Lipinski definition) is 1. The molecule has 0 saturated heterocycles. The van der Waals surface area contributed by atoms with Crippen LogP contribution in [0.3, 0.4) is 0 Å². The second-order valence-electron chi connectivity index (χ2n) is 8.89. The standard InChI is InChI=1S/C14H31N.C12H26O/c1-4-5-6-7-8-9-10-11-12-13-14-15(2)3;1-2-3-4-5-6-7-8-9-10-11-12-13/h4-14H2,1-3H3;13H,2-12H2,1H3. The maximum absolute atomic E-state index is 8.57. The van der Waals surface area contributed by atoms with Gasteiger partial charge in [0.15, 0.2) is 0 Å². The molecule has 0 aliphatic carbocycles. The van der Waals surface area contributed by atoms with Crippen LogP contribution in [0.4, 0.5) is 0 Å². The average Bonchev–Trinajstić information content (AvgIpc) is 2.68. The zero-order valence-corrected chi connectivity index (χ0v) is 20.5. The van der Waals surface area contributed by atoms with Crippen LogP contribution >= 0.6 is 0 Å². The molecular formula is C26H57NO. The summed E-state index contributed by atoms with van der Waals surface area (Å²) in [6.45, 7) is 6.17. The second-order valence-corrected chi connectivity index (χ2v) is 8.89. The molecule has 28 heavy (non-hydrogen) atoms. The van der Waals surface area contributed by atoms with E-state index < -0.39 is 0 Å². The van der Waals surface area contributed by atoms with Gasteiger partial charge < -0.3 is 10.0 Å². The first-order valence-corrected chi connectivity index (χ1v) is 12.9. The first-order valence-electron chi connectivity index (χ1n) is 12.9. The lowest BCUT2D eigenvalue weighted by molar-refractivity contribution is 0.282. The van der Waals surface area contributed by atoms with Gasteiger partial charge in [0.25, 0.3) is 0 Å². The van der Waals surface area contributed by atoms with E-state index in [4.69, 9.17) is 5.11 Å². The number of aliphatic hydroxyl groups excluding tert-OH is 1. The van der Waals surface area contributed by atoms with Gasteiger partial charge >= 0.3 is 0 Å². The SMILES string of the molecule is CCCCCCCCCCCCN(C)C.CCCCCCCCCCCCO. The van der Waals surface area contributed by atoms with Crippen molar-refractivity contribution in [3.05, 3.63) is 0 Å². The van der Waals surface area contributed by atoms with Gasteiger partial charge in [-0.2, -0.15) is 0 Å². The fraction of sp³-hybridized carbons (Fsp3) is 1.00. The number of unbranched alkanes of at least 4 members (excludes halogenated alkanes) is 18. The third-order valence-corrected chi connectivity index (χ3v) is 5.47. The normalized spacial score (nSPS) is 10.9. The fourth-order valence-electron chi connectivity index (χ4n) is 3.51. The molecule has 0 unspecified atom stereocenters. The van der Waals surface area contributed by atoms with E-state index >= 15 is 0 Å². The van der Waals surface area contributed by atoms with Gasteiger partial charge in [-0.05, 0) is 33.5 Å². The molecule has 0 saturated carbocycles. The third-order valence-electron chi connectivity index (χ3n) is 5.47. The first-order chi connectivity index (χ1) is 13.7. The summed E-state index contributed by atoms with van der Waals surface area (Å²) in [6.07, 6.45) is 27.7. The minimum atomic E-state index is 0.372. The molecule has 0 atom stereocenters. The van der Waals surface area contributed by atoms with Crippen molar-refractivity contribution in [2.45, 2.75) is 142 Å². The Labute approximate surface area is 179 Å². The van der Waals surface area contributed by atoms with Gasteiger partial charge in [0.1, 0.15) is 0 Å². The number of nitrogens with zero attached hydrogens (tertiary/aromatic N) is 1. The van der Waals surface area contributed by atoms with Crippen molar-refractivity contribution in [2.75, 3.05) is 27.2 Å². The smallest absolute Gasteiger partial charge is 0.0431 e. The van der Waals surface area contributed by atoms with Crippen molar-refractivity contribution in [3.8, 4) is 0 Å². The number of hydrogen-bond acceptors (Lipinski definition) is 2. The van der Waals surface area contributed by atoms with Crippen molar-refractivity contribution < 1.29 is 5.11 Å². The molecule has 0 rings (SSSR count). The van der Waals surface area contributed by atoms with Gasteiger partial charge in [0.2, 0.25) is 0 Å². The Balaban J connectivity index is 0. The maximum atomic E-state index is 8.57. The minimum absolute atomic E-state index is 0.372. The van der Waals surface area contributed by atoms with Crippen molar-refractivity contribution in [1.29, 1.82) is 0 Å². The highest BCUT2D eigenvalue weighted by Crippen LogP contribution is 2.11. The van der Waals surface area contributed by atoms with E-state index in [1.54, 1.807) is 0 Å². The van der Waals surface area contributed by atoms with E-state index in [1.807, 2.05) is 0 Å². The lowest BCUT2D eigenvalue weighted by atomic mass is 10.1. The molecule has 2 heteroatoms. The zero-order valence-electron chi connectivity index (χ0n) is 20.5. The summed E-state index contributed by atoms with van der Waals surface area (Å²) in [5.74, 6) is 0. The Morgan fingerprint density at radius 3 is 1.00 bits per heavy atom. The van der Waals surface area contributed by atoms with Crippen molar-refractivity contribution in [3.63, 3.8) is 0 Å². The van der Waals surface area contributed by atoms with Crippen LogP contribution in [0, 0.1) is 0 Å². The molecule has 0 aromatic heterocycles. The van der Waals surface area contributed by atoms with Gasteiger partial charge in [-0.25, -0.2) is 0 Å². The maximum Gasteiger partial charge on any atom is 0.0431 e. The van der Waals surface area contributed by atoms with Crippen molar-refractivity contribution in [1.82, 2.24) is 4.90 Å².